The fraction of sp³-hybridized carbons (Fsp3) is 0.471. The minimum atomic E-state index is 0.234. The van der Waals surface area contributed by atoms with Gasteiger partial charge in [0.15, 0.2) is 0 Å². The Labute approximate surface area is 136 Å². The van der Waals surface area contributed by atoms with Gasteiger partial charge in [-0.3, -0.25) is 0 Å². The highest BCUT2D eigenvalue weighted by molar-refractivity contribution is 7.11. The molecule has 2 nitrogen and oxygen atoms in total. The van der Waals surface area contributed by atoms with Gasteiger partial charge in [0.1, 0.15) is 0 Å². The molecule has 0 spiro atoms. The first kappa shape index (κ1) is 16.5. The summed E-state index contributed by atoms with van der Waals surface area (Å²) >= 11 is 7.75. The monoisotopic (exact) mass is 322 g/mol. The van der Waals surface area contributed by atoms with Crippen molar-refractivity contribution < 1.29 is 0 Å². The number of nitrogens with zero attached hydrogens (tertiary/aromatic N) is 1. The topological polar surface area (TPSA) is 24.9 Å². The summed E-state index contributed by atoms with van der Waals surface area (Å²) in [7, 11) is 0. The van der Waals surface area contributed by atoms with Crippen LogP contribution in [0.3, 0.4) is 0 Å². The van der Waals surface area contributed by atoms with E-state index >= 15 is 0 Å². The number of thiazole rings is 1. The lowest BCUT2D eigenvalue weighted by Crippen LogP contribution is -2.29. The lowest BCUT2D eigenvalue weighted by Gasteiger charge is -2.26. The molecule has 114 valence electrons. The van der Waals surface area contributed by atoms with E-state index in [1.54, 1.807) is 11.3 Å². The van der Waals surface area contributed by atoms with E-state index in [9.17, 15) is 0 Å². The number of nitrogens with one attached hydrogen (secondary N) is 1. The Morgan fingerprint density at radius 2 is 1.71 bits per heavy atom. The van der Waals surface area contributed by atoms with Crippen LogP contribution in [0.15, 0.2) is 24.3 Å². The summed E-state index contributed by atoms with van der Waals surface area (Å²) in [4.78, 5) is 5.96. The second kappa shape index (κ2) is 6.91. The van der Waals surface area contributed by atoms with Crippen molar-refractivity contribution in [2.24, 2.45) is 5.92 Å². The summed E-state index contributed by atoms with van der Waals surface area (Å²) in [6, 6.07) is 8.64. The van der Waals surface area contributed by atoms with Crippen LogP contribution < -0.4 is 5.32 Å². The van der Waals surface area contributed by atoms with Crippen LogP contribution in [0.25, 0.3) is 0 Å². The molecule has 0 saturated carbocycles. The molecule has 0 amide bonds. The second-order valence-electron chi connectivity index (χ2n) is 5.84. The first-order valence-electron chi connectivity index (χ1n) is 7.34. The Kier molecular flexibility index (Phi) is 5.42. The van der Waals surface area contributed by atoms with Crippen LogP contribution in [0.1, 0.15) is 54.0 Å². The van der Waals surface area contributed by atoms with Crippen LogP contribution in [0.4, 0.5) is 0 Å². The lowest BCUT2D eigenvalue weighted by atomic mass is 9.95. The smallest absolute Gasteiger partial charge is 0.0900 e. The summed E-state index contributed by atoms with van der Waals surface area (Å²) in [5, 5.41) is 5.63. The van der Waals surface area contributed by atoms with Crippen molar-refractivity contribution in [1.82, 2.24) is 10.3 Å². The van der Waals surface area contributed by atoms with Crippen molar-refractivity contribution >= 4 is 22.9 Å². The third-order valence-electron chi connectivity index (χ3n) is 3.67. The molecule has 1 aromatic carbocycles. The second-order valence-corrected chi connectivity index (χ2v) is 7.68. The van der Waals surface area contributed by atoms with Gasteiger partial charge < -0.3 is 5.32 Å². The van der Waals surface area contributed by atoms with E-state index in [1.807, 2.05) is 12.1 Å². The van der Waals surface area contributed by atoms with Gasteiger partial charge >= 0.3 is 0 Å². The zero-order valence-electron chi connectivity index (χ0n) is 13.3. The van der Waals surface area contributed by atoms with E-state index in [1.165, 1.54) is 10.4 Å². The highest BCUT2D eigenvalue weighted by Crippen LogP contribution is 2.29. The predicted octanol–water partition coefficient (Wildman–Crippen LogP) is 5.46. The van der Waals surface area contributed by atoms with Gasteiger partial charge in [-0.25, -0.2) is 4.98 Å². The molecular weight excluding hydrogens is 300 g/mol. The van der Waals surface area contributed by atoms with Crippen molar-refractivity contribution in [3.8, 4) is 0 Å². The third-order valence-corrected chi connectivity index (χ3v) is 4.83. The summed E-state index contributed by atoms with van der Waals surface area (Å²) < 4.78 is 0. The molecule has 2 rings (SSSR count). The minimum absolute atomic E-state index is 0.234. The zero-order valence-corrected chi connectivity index (χ0v) is 14.8. The average Bonchev–Trinajstić information content (AvgIpc) is 2.76. The minimum Gasteiger partial charge on any atom is -0.302 e. The van der Waals surface area contributed by atoms with E-state index in [-0.39, 0.29) is 6.04 Å². The zero-order chi connectivity index (χ0) is 15.6. The molecule has 0 radical (unpaired) electrons. The molecule has 2 aromatic rings. The molecule has 0 saturated heterocycles. The van der Waals surface area contributed by atoms with Gasteiger partial charge in [0.25, 0.3) is 0 Å². The van der Waals surface area contributed by atoms with Gasteiger partial charge in [-0.05, 0) is 44.4 Å². The Hall–Kier alpha value is -0.900. The molecule has 4 heteroatoms. The van der Waals surface area contributed by atoms with Crippen molar-refractivity contribution in [1.29, 1.82) is 0 Å². The number of benzene rings is 1. The SMILES string of the molecule is Cc1nc(C(C)NC(c2ccc(Cl)cc2)C(C)C)c(C)s1. The number of aryl methyl sites for hydroxylation is 2. The average molecular weight is 323 g/mol. The van der Waals surface area contributed by atoms with E-state index in [4.69, 9.17) is 11.6 Å². The molecule has 1 aromatic heterocycles. The van der Waals surface area contributed by atoms with Crippen LogP contribution in [-0.4, -0.2) is 4.98 Å². The highest BCUT2D eigenvalue weighted by atomic mass is 35.5. The Balaban J connectivity index is 2.20. The highest BCUT2D eigenvalue weighted by Gasteiger charge is 2.21. The summed E-state index contributed by atoms with van der Waals surface area (Å²) in [5.74, 6) is 0.494. The van der Waals surface area contributed by atoms with Crippen LogP contribution in [0, 0.1) is 19.8 Å². The number of rotatable bonds is 5. The summed E-state index contributed by atoms with van der Waals surface area (Å²) in [6.07, 6.45) is 0. The Morgan fingerprint density at radius 1 is 1.10 bits per heavy atom. The predicted molar refractivity (Wildman–Crippen MR) is 92.2 cm³/mol. The first-order valence-corrected chi connectivity index (χ1v) is 8.53. The van der Waals surface area contributed by atoms with Gasteiger partial charge in [-0.15, -0.1) is 11.3 Å². The van der Waals surface area contributed by atoms with Crippen LogP contribution in [0.2, 0.25) is 5.02 Å². The van der Waals surface area contributed by atoms with E-state index in [2.05, 4.69) is 57.1 Å². The molecule has 0 bridgehead atoms. The number of hydrogen-bond acceptors (Lipinski definition) is 3. The normalized spacial score (nSPS) is 14.4. The van der Waals surface area contributed by atoms with E-state index < -0.39 is 0 Å². The molecule has 21 heavy (non-hydrogen) atoms. The maximum Gasteiger partial charge on any atom is 0.0900 e. The summed E-state index contributed by atoms with van der Waals surface area (Å²) in [6.45, 7) is 10.9. The number of halogens is 1. The number of aromatic nitrogens is 1. The Bertz CT molecular complexity index is 589. The molecule has 2 unspecified atom stereocenters. The van der Waals surface area contributed by atoms with Crippen LogP contribution in [0.5, 0.6) is 0 Å². The molecule has 0 aliphatic rings. The largest absolute Gasteiger partial charge is 0.302 e. The fourth-order valence-electron chi connectivity index (χ4n) is 2.64. The maximum atomic E-state index is 5.99. The van der Waals surface area contributed by atoms with Gasteiger partial charge in [0.2, 0.25) is 0 Å². The third kappa shape index (κ3) is 4.06. The molecule has 0 fully saturated rings. The van der Waals surface area contributed by atoms with Gasteiger partial charge in [-0.2, -0.15) is 0 Å². The standard InChI is InChI=1S/C17H23ClN2S/c1-10(2)16(14-6-8-15(18)9-7-14)19-11(3)17-12(4)21-13(5)20-17/h6-11,16,19H,1-5H3. The van der Waals surface area contributed by atoms with Gasteiger partial charge in [0, 0.05) is 22.0 Å². The molecule has 1 N–H and O–H groups in total. The van der Waals surface area contributed by atoms with Crippen LogP contribution >= 0.6 is 22.9 Å². The maximum absolute atomic E-state index is 5.99. The Morgan fingerprint density at radius 3 is 2.19 bits per heavy atom. The first-order chi connectivity index (χ1) is 9.88. The van der Waals surface area contributed by atoms with Crippen molar-refractivity contribution in [3.05, 3.63) is 50.4 Å². The van der Waals surface area contributed by atoms with E-state index in [0.717, 1.165) is 15.7 Å². The molecule has 0 aliphatic heterocycles. The van der Waals surface area contributed by atoms with Gasteiger partial charge in [0.05, 0.1) is 10.7 Å². The fourth-order valence-corrected chi connectivity index (χ4v) is 3.68. The summed E-state index contributed by atoms with van der Waals surface area (Å²) in [5.41, 5.74) is 2.43. The van der Waals surface area contributed by atoms with Crippen molar-refractivity contribution in [2.75, 3.05) is 0 Å². The van der Waals surface area contributed by atoms with Crippen molar-refractivity contribution in [2.45, 2.75) is 46.7 Å². The molecular formula is C17H23ClN2S. The van der Waals surface area contributed by atoms with E-state index in [0.29, 0.717) is 12.0 Å². The number of hydrogen-bond donors (Lipinski definition) is 1. The molecule has 1 heterocycles. The quantitative estimate of drug-likeness (QED) is 0.790. The van der Waals surface area contributed by atoms with Crippen molar-refractivity contribution in [3.63, 3.8) is 0 Å². The lowest BCUT2D eigenvalue weighted by molar-refractivity contribution is 0.371. The van der Waals surface area contributed by atoms with Gasteiger partial charge in [-0.1, -0.05) is 37.6 Å². The van der Waals surface area contributed by atoms with Crippen LogP contribution in [-0.2, 0) is 0 Å². The molecule has 0 aliphatic carbocycles. The molecule has 2 atom stereocenters.